The third kappa shape index (κ3) is 5.02. The van der Waals surface area contributed by atoms with Crippen LogP contribution in [0.2, 0.25) is 0 Å². The first kappa shape index (κ1) is 17.9. The van der Waals surface area contributed by atoms with Gasteiger partial charge in [0.1, 0.15) is 0 Å². The van der Waals surface area contributed by atoms with Gasteiger partial charge in [0, 0.05) is 19.9 Å². The Bertz CT molecular complexity index is 816. The summed E-state index contributed by atoms with van der Waals surface area (Å²) in [4.78, 5) is 12.4. The molecule has 5 heteroatoms. The maximum Gasteiger partial charge on any atom is 0.224 e. The molecular formula is C21H23N3O2. The van der Waals surface area contributed by atoms with Crippen LogP contribution in [0.25, 0.3) is 0 Å². The number of aryl methyl sites for hydroxylation is 2. The highest BCUT2D eigenvalue weighted by Crippen LogP contribution is 2.26. The molecule has 0 aliphatic carbocycles. The van der Waals surface area contributed by atoms with Gasteiger partial charge in [-0.2, -0.15) is 0 Å². The zero-order valence-electron chi connectivity index (χ0n) is 14.9. The molecule has 3 rings (SSSR count). The van der Waals surface area contributed by atoms with Gasteiger partial charge in [0.25, 0.3) is 0 Å². The fourth-order valence-corrected chi connectivity index (χ4v) is 2.91. The number of rotatable bonds is 8. The maximum absolute atomic E-state index is 12.4. The topological polar surface area (TPSA) is 68.0 Å². The average Bonchev–Trinajstić information content (AvgIpc) is 3.11. The number of hydrogen-bond donors (Lipinski definition) is 1. The molecule has 2 aromatic carbocycles. The van der Waals surface area contributed by atoms with Gasteiger partial charge in [-0.25, -0.2) is 0 Å². The van der Waals surface area contributed by atoms with E-state index in [4.69, 9.17) is 4.42 Å². The zero-order valence-corrected chi connectivity index (χ0v) is 14.9. The molecule has 1 N–H and O–H groups in total. The lowest BCUT2D eigenvalue weighted by Crippen LogP contribution is -2.26. The van der Waals surface area contributed by atoms with Crippen molar-refractivity contribution in [2.24, 2.45) is 0 Å². The van der Waals surface area contributed by atoms with Crippen molar-refractivity contribution < 1.29 is 9.21 Å². The fraction of sp³-hybridized carbons (Fsp3) is 0.286. The van der Waals surface area contributed by atoms with Crippen molar-refractivity contribution in [2.45, 2.75) is 32.1 Å². The molecule has 0 fully saturated rings. The monoisotopic (exact) mass is 349 g/mol. The number of carbonyl (C=O) groups excluding carboxylic acids is 1. The van der Waals surface area contributed by atoms with Crippen molar-refractivity contribution in [3.05, 3.63) is 83.6 Å². The van der Waals surface area contributed by atoms with Crippen molar-refractivity contribution in [3.8, 4) is 0 Å². The fourth-order valence-electron chi connectivity index (χ4n) is 2.91. The summed E-state index contributed by atoms with van der Waals surface area (Å²) in [7, 11) is 0. The third-order valence-corrected chi connectivity index (χ3v) is 4.24. The van der Waals surface area contributed by atoms with Gasteiger partial charge >= 0.3 is 0 Å². The van der Waals surface area contributed by atoms with Crippen LogP contribution < -0.4 is 5.32 Å². The van der Waals surface area contributed by atoms with Gasteiger partial charge in [0.05, 0.1) is 5.92 Å². The number of aromatic nitrogens is 2. The molecule has 0 spiro atoms. The molecule has 5 nitrogen and oxygen atoms in total. The van der Waals surface area contributed by atoms with Crippen molar-refractivity contribution >= 4 is 5.91 Å². The van der Waals surface area contributed by atoms with Crippen LogP contribution in [0.15, 0.2) is 65.1 Å². The second-order valence-corrected chi connectivity index (χ2v) is 6.27. The van der Waals surface area contributed by atoms with Crippen molar-refractivity contribution in [3.63, 3.8) is 0 Å². The first-order chi connectivity index (χ1) is 12.7. The Hall–Kier alpha value is -2.95. The summed E-state index contributed by atoms with van der Waals surface area (Å²) in [5.74, 6) is 0.742. The average molecular weight is 349 g/mol. The Kier molecular flexibility index (Phi) is 6.14. The SMILES string of the molecule is Cc1nnc(C(CC(=O)NCCCc2ccccc2)c2ccccc2)o1. The first-order valence-corrected chi connectivity index (χ1v) is 8.88. The number of amides is 1. The highest BCUT2D eigenvalue weighted by atomic mass is 16.4. The molecule has 3 aromatic rings. The van der Waals surface area contributed by atoms with Crippen LogP contribution in [-0.2, 0) is 11.2 Å². The first-order valence-electron chi connectivity index (χ1n) is 8.88. The van der Waals surface area contributed by atoms with Gasteiger partial charge in [-0.15, -0.1) is 10.2 Å². The zero-order chi connectivity index (χ0) is 18.2. The lowest BCUT2D eigenvalue weighted by atomic mass is 9.95. The number of nitrogens with zero attached hydrogens (tertiary/aromatic N) is 2. The van der Waals surface area contributed by atoms with Crippen LogP contribution in [0.5, 0.6) is 0 Å². The normalized spacial score (nSPS) is 11.9. The Morgan fingerprint density at radius 1 is 1.04 bits per heavy atom. The molecule has 1 amide bonds. The molecule has 0 aliphatic rings. The molecular weight excluding hydrogens is 326 g/mol. The van der Waals surface area contributed by atoms with E-state index in [0.29, 0.717) is 18.3 Å². The molecule has 0 saturated carbocycles. The van der Waals surface area contributed by atoms with Gasteiger partial charge in [0.15, 0.2) is 0 Å². The summed E-state index contributed by atoms with van der Waals surface area (Å²) in [6.07, 6.45) is 2.15. The summed E-state index contributed by atoms with van der Waals surface area (Å²) in [6.45, 7) is 2.40. The van der Waals surface area contributed by atoms with E-state index >= 15 is 0 Å². The summed E-state index contributed by atoms with van der Waals surface area (Å²) < 4.78 is 5.58. The van der Waals surface area contributed by atoms with Gasteiger partial charge in [0.2, 0.25) is 17.7 Å². The second kappa shape index (κ2) is 8.94. The van der Waals surface area contributed by atoms with Crippen molar-refractivity contribution in [1.82, 2.24) is 15.5 Å². The molecule has 1 atom stereocenters. The minimum Gasteiger partial charge on any atom is -0.425 e. The van der Waals surface area contributed by atoms with E-state index in [0.717, 1.165) is 18.4 Å². The molecule has 0 saturated heterocycles. The predicted octanol–water partition coefficient (Wildman–Crippen LogP) is 3.65. The van der Waals surface area contributed by atoms with E-state index < -0.39 is 0 Å². The van der Waals surface area contributed by atoms with E-state index in [1.807, 2.05) is 48.5 Å². The molecule has 1 unspecified atom stereocenters. The third-order valence-electron chi connectivity index (χ3n) is 4.24. The molecule has 1 aromatic heterocycles. The molecule has 1 heterocycles. The predicted molar refractivity (Wildman–Crippen MR) is 99.7 cm³/mol. The highest BCUT2D eigenvalue weighted by Gasteiger charge is 2.23. The van der Waals surface area contributed by atoms with E-state index in [9.17, 15) is 4.79 Å². The minimum absolute atomic E-state index is 0.0113. The molecule has 26 heavy (non-hydrogen) atoms. The van der Waals surface area contributed by atoms with Crippen molar-refractivity contribution in [1.29, 1.82) is 0 Å². The van der Waals surface area contributed by atoms with Crippen LogP contribution in [-0.4, -0.2) is 22.6 Å². The summed E-state index contributed by atoms with van der Waals surface area (Å²) in [5.41, 5.74) is 2.28. The van der Waals surface area contributed by atoms with E-state index in [1.54, 1.807) is 6.92 Å². The highest BCUT2D eigenvalue weighted by molar-refractivity contribution is 5.77. The Balaban J connectivity index is 1.55. The smallest absolute Gasteiger partial charge is 0.224 e. The van der Waals surface area contributed by atoms with E-state index in [-0.39, 0.29) is 18.2 Å². The van der Waals surface area contributed by atoms with Crippen LogP contribution in [0, 0.1) is 6.92 Å². The number of hydrogen-bond acceptors (Lipinski definition) is 4. The van der Waals surface area contributed by atoms with Gasteiger partial charge in [-0.1, -0.05) is 60.7 Å². The molecule has 0 aliphatic heterocycles. The Morgan fingerprint density at radius 3 is 2.38 bits per heavy atom. The minimum atomic E-state index is -0.230. The van der Waals surface area contributed by atoms with Gasteiger partial charge < -0.3 is 9.73 Å². The lowest BCUT2D eigenvalue weighted by molar-refractivity contribution is -0.121. The number of carbonyl (C=O) groups is 1. The molecule has 134 valence electrons. The Morgan fingerprint density at radius 2 is 1.73 bits per heavy atom. The van der Waals surface area contributed by atoms with Crippen LogP contribution in [0.3, 0.4) is 0 Å². The lowest BCUT2D eigenvalue weighted by Gasteiger charge is -2.13. The summed E-state index contributed by atoms with van der Waals surface area (Å²) in [6, 6.07) is 20.1. The maximum atomic E-state index is 12.4. The summed E-state index contributed by atoms with van der Waals surface area (Å²) >= 11 is 0. The Labute approximate surface area is 153 Å². The van der Waals surface area contributed by atoms with Crippen LogP contribution >= 0.6 is 0 Å². The molecule has 0 bridgehead atoms. The van der Waals surface area contributed by atoms with E-state index in [1.165, 1.54) is 5.56 Å². The van der Waals surface area contributed by atoms with Crippen LogP contribution in [0.4, 0.5) is 0 Å². The molecule has 0 radical (unpaired) electrons. The van der Waals surface area contributed by atoms with Crippen LogP contribution in [0.1, 0.15) is 41.7 Å². The largest absolute Gasteiger partial charge is 0.425 e. The quantitative estimate of drug-likeness (QED) is 0.630. The van der Waals surface area contributed by atoms with E-state index in [2.05, 4.69) is 27.6 Å². The van der Waals surface area contributed by atoms with Crippen molar-refractivity contribution in [2.75, 3.05) is 6.54 Å². The van der Waals surface area contributed by atoms with Gasteiger partial charge in [-0.3, -0.25) is 4.79 Å². The number of nitrogens with one attached hydrogen (secondary N) is 1. The number of benzene rings is 2. The second-order valence-electron chi connectivity index (χ2n) is 6.27. The summed E-state index contributed by atoms with van der Waals surface area (Å²) in [5, 5.41) is 11.0. The van der Waals surface area contributed by atoms with Gasteiger partial charge in [-0.05, 0) is 24.0 Å². The standard InChI is InChI=1S/C21H23N3O2/c1-16-23-24-21(26-16)19(18-12-6-3-7-13-18)15-20(25)22-14-8-11-17-9-4-2-5-10-17/h2-7,9-10,12-13,19H,8,11,14-15H2,1H3,(H,22,25).